The van der Waals surface area contributed by atoms with Crippen molar-refractivity contribution in [3.8, 4) is 0 Å². The number of nitrogens with one attached hydrogen (secondary N) is 1. The van der Waals surface area contributed by atoms with Crippen LogP contribution in [0.1, 0.15) is 78.2 Å². The molecule has 1 rings (SSSR count). The molecule has 0 aromatic heterocycles. The molecular weight excluding hydrogens is 320 g/mol. The van der Waals surface area contributed by atoms with Gasteiger partial charge < -0.3 is 10.2 Å². The SMILES string of the molecule is CCCCC(CCCC)(CC(=O)NC(C)(C)CN(C)C)c1ccccc1. The lowest BCUT2D eigenvalue weighted by Crippen LogP contribution is -2.51. The molecule has 0 radical (unpaired) electrons. The number of nitrogens with zero attached hydrogens (tertiary/aromatic N) is 1. The van der Waals surface area contributed by atoms with Crippen molar-refractivity contribution >= 4 is 5.91 Å². The first kappa shape index (κ1) is 22.7. The maximum atomic E-state index is 13.0. The predicted molar refractivity (Wildman–Crippen MR) is 113 cm³/mol. The molecule has 0 atom stereocenters. The molecule has 0 aliphatic carbocycles. The highest BCUT2D eigenvalue weighted by atomic mass is 16.1. The van der Waals surface area contributed by atoms with Gasteiger partial charge in [0.25, 0.3) is 0 Å². The van der Waals surface area contributed by atoms with Gasteiger partial charge in [0, 0.05) is 23.9 Å². The van der Waals surface area contributed by atoms with Gasteiger partial charge >= 0.3 is 0 Å². The van der Waals surface area contributed by atoms with Gasteiger partial charge in [-0.15, -0.1) is 0 Å². The molecule has 0 spiro atoms. The van der Waals surface area contributed by atoms with Crippen LogP contribution in [-0.4, -0.2) is 37.0 Å². The molecule has 0 bridgehead atoms. The summed E-state index contributed by atoms with van der Waals surface area (Å²) >= 11 is 0. The number of likely N-dealkylation sites (N-methyl/N-ethyl adjacent to an activating group) is 1. The number of unbranched alkanes of at least 4 members (excludes halogenated alkanes) is 2. The quantitative estimate of drug-likeness (QED) is 0.559. The number of hydrogen-bond donors (Lipinski definition) is 1. The predicted octanol–water partition coefficient (Wildman–Crippen LogP) is 5.15. The number of rotatable bonds is 12. The van der Waals surface area contributed by atoms with Gasteiger partial charge in [-0.25, -0.2) is 0 Å². The fraction of sp³-hybridized carbons (Fsp3) is 0.696. The Morgan fingerprint density at radius 1 is 1.00 bits per heavy atom. The second-order valence-corrected chi connectivity index (χ2v) is 8.70. The van der Waals surface area contributed by atoms with Crippen molar-refractivity contribution in [1.82, 2.24) is 10.2 Å². The second kappa shape index (κ2) is 10.7. The highest BCUT2D eigenvalue weighted by molar-refractivity contribution is 5.78. The van der Waals surface area contributed by atoms with E-state index in [0.29, 0.717) is 6.42 Å². The minimum absolute atomic E-state index is 0.0500. The first-order chi connectivity index (χ1) is 12.2. The van der Waals surface area contributed by atoms with E-state index < -0.39 is 0 Å². The maximum Gasteiger partial charge on any atom is 0.221 e. The standard InChI is InChI=1S/C23H40N2O/c1-7-9-16-23(17-10-8-2,20-14-12-11-13-15-20)18-21(26)24-22(3,4)19-25(5)6/h11-15H,7-10,16-19H2,1-6H3,(H,24,26). The van der Waals surface area contributed by atoms with E-state index in [1.807, 2.05) is 14.1 Å². The Balaban J connectivity index is 3.04. The minimum atomic E-state index is -0.224. The van der Waals surface area contributed by atoms with Crippen LogP contribution in [-0.2, 0) is 10.2 Å². The summed E-state index contributed by atoms with van der Waals surface area (Å²) in [5.41, 5.74) is 1.05. The fourth-order valence-electron chi connectivity index (χ4n) is 4.07. The van der Waals surface area contributed by atoms with Crippen molar-refractivity contribution in [2.24, 2.45) is 0 Å². The molecule has 1 amide bonds. The topological polar surface area (TPSA) is 32.3 Å². The van der Waals surface area contributed by atoms with E-state index in [-0.39, 0.29) is 16.9 Å². The average molecular weight is 361 g/mol. The van der Waals surface area contributed by atoms with Crippen molar-refractivity contribution in [2.45, 2.75) is 83.6 Å². The molecule has 0 aliphatic rings. The number of carbonyl (C=O) groups excluding carboxylic acids is 1. The molecule has 0 saturated heterocycles. The van der Waals surface area contributed by atoms with Crippen LogP contribution >= 0.6 is 0 Å². The Morgan fingerprint density at radius 3 is 2.00 bits per heavy atom. The van der Waals surface area contributed by atoms with Crippen molar-refractivity contribution in [3.05, 3.63) is 35.9 Å². The van der Waals surface area contributed by atoms with Crippen LogP contribution in [0.25, 0.3) is 0 Å². The number of carbonyl (C=O) groups is 1. The minimum Gasteiger partial charge on any atom is -0.350 e. The Kier molecular flexibility index (Phi) is 9.35. The lowest BCUT2D eigenvalue weighted by molar-refractivity contribution is -0.124. The zero-order valence-corrected chi connectivity index (χ0v) is 17.9. The molecule has 0 unspecified atom stereocenters. The molecule has 26 heavy (non-hydrogen) atoms. The van der Waals surface area contributed by atoms with Gasteiger partial charge in [0.1, 0.15) is 0 Å². The van der Waals surface area contributed by atoms with E-state index >= 15 is 0 Å². The maximum absolute atomic E-state index is 13.0. The molecular formula is C23H40N2O. The summed E-state index contributed by atoms with van der Waals surface area (Å²) in [4.78, 5) is 15.1. The van der Waals surface area contributed by atoms with Gasteiger partial charge in [-0.05, 0) is 46.3 Å². The van der Waals surface area contributed by atoms with Crippen LogP contribution in [0.2, 0.25) is 0 Å². The molecule has 3 heteroatoms. The van der Waals surface area contributed by atoms with Crippen molar-refractivity contribution < 1.29 is 4.79 Å². The summed E-state index contributed by atoms with van der Waals surface area (Å²) in [6.45, 7) is 9.51. The van der Waals surface area contributed by atoms with Crippen molar-refractivity contribution in [1.29, 1.82) is 0 Å². The Hall–Kier alpha value is -1.35. The lowest BCUT2D eigenvalue weighted by Gasteiger charge is -2.36. The normalized spacial score (nSPS) is 12.4. The largest absolute Gasteiger partial charge is 0.350 e. The van der Waals surface area contributed by atoms with Crippen LogP contribution in [0.5, 0.6) is 0 Å². The van der Waals surface area contributed by atoms with E-state index in [2.05, 4.69) is 68.2 Å². The zero-order valence-electron chi connectivity index (χ0n) is 17.9. The highest BCUT2D eigenvalue weighted by Crippen LogP contribution is 2.38. The van der Waals surface area contributed by atoms with Gasteiger partial charge in [0.2, 0.25) is 5.91 Å². The fourth-order valence-corrected chi connectivity index (χ4v) is 4.07. The molecule has 148 valence electrons. The third kappa shape index (κ3) is 7.49. The van der Waals surface area contributed by atoms with E-state index in [9.17, 15) is 4.79 Å². The third-order valence-corrected chi connectivity index (χ3v) is 5.09. The monoisotopic (exact) mass is 360 g/mol. The van der Waals surface area contributed by atoms with Gasteiger partial charge in [0.15, 0.2) is 0 Å². The van der Waals surface area contributed by atoms with Crippen LogP contribution < -0.4 is 5.32 Å². The smallest absolute Gasteiger partial charge is 0.221 e. The number of benzene rings is 1. The second-order valence-electron chi connectivity index (χ2n) is 8.70. The average Bonchev–Trinajstić information content (AvgIpc) is 2.56. The summed E-state index contributed by atoms with van der Waals surface area (Å²) in [6.07, 6.45) is 7.38. The molecule has 3 nitrogen and oxygen atoms in total. The lowest BCUT2D eigenvalue weighted by atomic mass is 9.70. The summed E-state index contributed by atoms with van der Waals surface area (Å²) in [7, 11) is 4.09. The number of hydrogen-bond acceptors (Lipinski definition) is 2. The molecule has 1 N–H and O–H groups in total. The Morgan fingerprint density at radius 2 is 1.54 bits per heavy atom. The Labute approximate surface area is 161 Å². The van der Waals surface area contributed by atoms with E-state index in [4.69, 9.17) is 0 Å². The molecule has 0 heterocycles. The van der Waals surface area contributed by atoms with Gasteiger partial charge in [-0.2, -0.15) is 0 Å². The number of amides is 1. The van der Waals surface area contributed by atoms with Crippen molar-refractivity contribution in [3.63, 3.8) is 0 Å². The van der Waals surface area contributed by atoms with Crippen LogP contribution in [0.3, 0.4) is 0 Å². The summed E-state index contributed by atoms with van der Waals surface area (Å²) in [5, 5.41) is 3.28. The summed E-state index contributed by atoms with van der Waals surface area (Å²) < 4.78 is 0. The van der Waals surface area contributed by atoms with Gasteiger partial charge in [-0.1, -0.05) is 69.9 Å². The molecule has 0 fully saturated rings. The van der Waals surface area contributed by atoms with E-state index in [0.717, 1.165) is 45.1 Å². The van der Waals surface area contributed by atoms with Crippen LogP contribution in [0.4, 0.5) is 0 Å². The molecule has 0 aliphatic heterocycles. The summed E-state index contributed by atoms with van der Waals surface area (Å²) in [5.74, 6) is 0.174. The molecule has 0 saturated carbocycles. The molecule has 1 aromatic carbocycles. The van der Waals surface area contributed by atoms with Crippen LogP contribution in [0, 0.1) is 0 Å². The summed E-state index contributed by atoms with van der Waals surface area (Å²) in [6, 6.07) is 10.7. The molecule has 1 aromatic rings. The van der Waals surface area contributed by atoms with E-state index in [1.165, 1.54) is 5.56 Å². The van der Waals surface area contributed by atoms with E-state index in [1.54, 1.807) is 0 Å². The third-order valence-electron chi connectivity index (χ3n) is 5.09. The van der Waals surface area contributed by atoms with Gasteiger partial charge in [0.05, 0.1) is 0 Å². The first-order valence-corrected chi connectivity index (χ1v) is 10.3. The van der Waals surface area contributed by atoms with Crippen LogP contribution in [0.15, 0.2) is 30.3 Å². The first-order valence-electron chi connectivity index (χ1n) is 10.3. The zero-order chi connectivity index (χ0) is 19.6. The van der Waals surface area contributed by atoms with Gasteiger partial charge in [-0.3, -0.25) is 4.79 Å². The Bertz CT molecular complexity index is 514. The van der Waals surface area contributed by atoms with Crippen molar-refractivity contribution in [2.75, 3.05) is 20.6 Å². The highest BCUT2D eigenvalue weighted by Gasteiger charge is 2.35.